The lowest BCUT2D eigenvalue weighted by molar-refractivity contribution is -0.369. The fraction of sp³-hybridized carbons (Fsp3) is 0.800. The Morgan fingerprint density at radius 1 is 1.78 bits per heavy atom. The van der Waals surface area contributed by atoms with Crippen molar-refractivity contribution >= 4 is 5.91 Å². The summed E-state index contributed by atoms with van der Waals surface area (Å²) in [6.45, 7) is 2.45. The van der Waals surface area contributed by atoms with Crippen molar-refractivity contribution in [2.45, 2.75) is 13.3 Å². The van der Waals surface area contributed by atoms with E-state index in [2.05, 4.69) is 5.73 Å². The molecule has 54 valence electrons. The lowest BCUT2D eigenvalue weighted by Gasteiger charge is -2.09. The molecule has 0 atom stereocenters. The highest BCUT2D eigenvalue weighted by atomic mass is 16.5. The highest BCUT2D eigenvalue weighted by Crippen LogP contribution is 1.83. The van der Waals surface area contributed by atoms with E-state index in [9.17, 15) is 4.79 Å². The van der Waals surface area contributed by atoms with E-state index in [0.29, 0.717) is 11.6 Å². The normalized spacial score (nSPS) is 9.22. The van der Waals surface area contributed by atoms with Crippen molar-refractivity contribution in [2.75, 3.05) is 13.1 Å². The Morgan fingerprint density at radius 3 is 2.67 bits per heavy atom. The van der Waals surface area contributed by atoms with Crippen molar-refractivity contribution in [3.05, 3.63) is 0 Å². The van der Waals surface area contributed by atoms with Crippen LogP contribution < -0.4 is 5.73 Å². The van der Waals surface area contributed by atoms with Gasteiger partial charge in [0.15, 0.2) is 0 Å². The van der Waals surface area contributed by atoms with Crippen molar-refractivity contribution in [3.8, 4) is 0 Å². The van der Waals surface area contributed by atoms with Gasteiger partial charge >= 0.3 is 0 Å². The van der Waals surface area contributed by atoms with Crippen LogP contribution in [0.5, 0.6) is 0 Å². The molecule has 9 heavy (non-hydrogen) atoms. The molecule has 0 aliphatic rings. The maximum Gasteiger partial charge on any atom is 0.242 e. The molecule has 0 aromatic heterocycles. The molecule has 0 aromatic carbocycles. The van der Waals surface area contributed by atoms with E-state index in [4.69, 9.17) is 5.21 Å². The van der Waals surface area contributed by atoms with Crippen LogP contribution in [0.4, 0.5) is 0 Å². The average molecular weight is 133 g/mol. The molecule has 0 heterocycles. The molecule has 4 nitrogen and oxygen atoms in total. The Hall–Kier alpha value is -0.610. The number of rotatable bonds is 3. The number of hydroxylamine groups is 2. The molecule has 0 fully saturated rings. The summed E-state index contributed by atoms with van der Waals surface area (Å²) in [6, 6.07) is 0. The van der Waals surface area contributed by atoms with Gasteiger partial charge in [0.2, 0.25) is 5.91 Å². The zero-order valence-corrected chi connectivity index (χ0v) is 5.63. The monoisotopic (exact) mass is 133 g/mol. The van der Waals surface area contributed by atoms with Crippen LogP contribution in [-0.2, 0) is 4.79 Å². The molecular weight excluding hydrogens is 120 g/mol. The quantitative estimate of drug-likeness (QED) is 0.377. The lowest BCUT2D eigenvalue weighted by Crippen LogP contribution is -2.51. The summed E-state index contributed by atoms with van der Waals surface area (Å²) in [6.07, 6.45) is 0.746. The van der Waals surface area contributed by atoms with Crippen molar-refractivity contribution < 1.29 is 15.7 Å². The van der Waals surface area contributed by atoms with Crippen LogP contribution in [-0.4, -0.2) is 29.3 Å². The van der Waals surface area contributed by atoms with Gasteiger partial charge in [-0.1, -0.05) is 0 Å². The Bertz CT molecular complexity index is 95.0. The zero-order valence-electron chi connectivity index (χ0n) is 5.63. The van der Waals surface area contributed by atoms with Gasteiger partial charge < -0.3 is 5.73 Å². The third-order valence-corrected chi connectivity index (χ3v) is 0.983. The first kappa shape index (κ1) is 8.39. The number of amides is 1. The van der Waals surface area contributed by atoms with Crippen LogP contribution in [0.25, 0.3) is 0 Å². The van der Waals surface area contributed by atoms with Crippen LogP contribution >= 0.6 is 0 Å². The molecule has 0 bridgehead atoms. The number of carbonyl (C=O) groups is 1. The smallest absolute Gasteiger partial charge is 0.242 e. The first-order valence-electron chi connectivity index (χ1n) is 2.94. The molecule has 0 spiro atoms. The molecule has 0 unspecified atom stereocenters. The Labute approximate surface area is 54.2 Å². The van der Waals surface area contributed by atoms with Gasteiger partial charge in [0, 0.05) is 13.3 Å². The van der Waals surface area contributed by atoms with Gasteiger partial charge in [-0.3, -0.25) is 10.0 Å². The van der Waals surface area contributed by atoms with E-state index in [1.165, 1.54) is 6.92 Å². The molecule has 0 rings (SSSR count). The zero-order chi connectivity index (χ0) is 7.28. The largest absolute Gasteiger partial charge is 0.358 e. The predicted octanol–water partition coefficient (Wildman–Crippen LogP) is -1.14. The second-order valence-corrected chi connectivity index (χ2v) is 1.85. The van der Waals surface area contributed by atoms with Gasteiger partial charge in [0.05, 0.1) is 13.1 Å². The van der Waals surface area contributed by atoms with Gasteiger partial charge in [0.25, 0.3) is 0 Å². The summed E-state index contributed by atoms with van der Waals surface area (Å²) in [4.78, 5) is 10.3. The minimum absolute atomic E-state index is 0.316. The van der Waals surface area contributed by atoms with E-state index in [1.807, 2.05) is 0 Å². The van der Waals surface area contributed by atoms with Gasteiger partial charge in [-0.15, -0.1) is 0 Å². The van der Waals surface area contributed by atoms with Gasteiger partial charge in [0.1, 0.15) is 0 Å². The average Bonchev–Trinajstić information content (AvgIpc) is 1.82. The van der Waals surface area contributed by atoms with Crippen molar-refractivity contribution in [1.29, 1.82) is 0 Å². The predicted molar refractivity (Wildman–Crippen MR) is 31.5 cm³/mol. The summed E-state index contributed by atoms with van der Waals surface area (Å²) < 4.78 is 0. The fourth-order valence-electron chi connectivity index (χ4n) is 0.419. The SMILES string of the molecule is CC(=O)N(O)CCC[NH3+]. The highest BCUT2D eigenvalue weighted by molar-refractivity contribution is 5.71. The Kier molecular flexibility index (Phi) is 4.00. The minimum atomic E-state index is -0.316. The third kappa shape index (κ3) is 3.93. The summed E-state index contributed by atoms with van der Waals surface area (Å²) >= 11 is 0. The van der Waals surface area contributed by atoms with Gasteiger partial charge in [-0.05, 0) is 0 Å². The fourth-order valence-corrected chi connectivity index (χ4v) is 0.419. The topological polar surface area (TPSA) is 68.2 Å². The van der Waals surface area contributed by atoms with E-state index in [1.54, 1.807) is 0 Å². The van der Waals surface area contributed by atoms with Crippen LogP contribution in [0.15, 0.2) is 0 Å². The molecule has 0 aliphatic heterocycles. The molecule has 0 radical (unpaired) electrons. The van der Waals surface area contributed by atoms with E-state index < -0.39 is 0 Å². The maximum atomic E-state index is 10.3. The molecule has 0 saturated heterocycles. The first-order chi connectivity index (χ1) is 4.18. The van der Waals surface area contributed by atoms with Crippen molar-refractivity contribution in [3.63, 3.8) is 0 Å². The second-order valence-electron chi connectivity index (χ2n) is 1.85. The highest BCUT2D eigenvalue weighted by Gasteiger charge is 2.01. The second kappa shape index (κ2) is 4.29. The molecule has 0 aliphatic carbocycles. The number of nitrogens with zero attached hydrogens (tertiary/aromatic N) is 1. The van der Waals surface area contributed by atoms with Crippen molar-refractivity contribution in [1.82, 2.24) is 5.06 Å². The van der Waals surface area contributed by atoms with Gasteiger partial charge in [-0.2, -0.15) is 0 Å². The summed E-state index contributed by atoms with van der Waals surface area (Å²) in [7, 11) is 0. The Balaban J connectivity index is 3.27. The summed E-state index contributed by atoms with van der Waals surface area (Å²) in [5, 5.41) is 9.41. The standard InChI is InChI=1S/C5H12N2O2/c1-5(8)7(9)4-2-3-6/h9H,2-4,6H2,1H3/p+1. The third-order valence-electron chi connectivity index (χ3n) is 0.983. The Morgan fingerprint density at radius 2 is 2.33 bits per heavy atom. The molecule has 1 amide bonds. The van der Waals surface area contributed by atoms with E-state index in [0.717, 1.165) is 13.0 Å². The molecule has 0 saturated carbocycles. The molecular formula is C5H13N2O2+. The number of carbonyl (C=O) groups excluding carboxylic acids is 1. The number of quaternary nitrogens is 1. The lowest BCUT2D eigenvalue weighted by atomic mass is 10.4. The minimum Gasteiger partial charge on any atom is -0.358 e. The number of hydrogen-bond acceptors (Lipinski definition) is 2. The van der Waals surface area contributed by atoms with Crippen LogP contribution in [0.2, 0.25) is 0 Å². The summed E-state index contributed by atoms with van der Waals surface area (Å²) in [5.41, 5.74) is 3.57. The van der Waals surface area contributed by atoms with E-state index in [-0.39, 0.29) is 5.91 Å². The van der Waals surface area contributed by atoms with Crippen LogP contribution in [0.1, 0.15) is 13.3 Å². The summed E-state index contributed by atoms with van der Waals surface area (Å²) in [5.74, 6) is -0.316. The van der Waals surface area contributed by atoms with Crippen LogP contribution in [0.3, 0.4) is 0 Å². The number of hydrogen-bond donors (Lipinski definition) is 2. The van der Waals surface area contributed by atoms with Crippen LogP contribution in [0, 0.1) is 0 Å². The van der Waals surface area contributed by atoms with E-state index >= 15 is 0 Å². The maximum absolute atomic E-state index is 10.3. The van der Waals surface area contributed by atoms with Gasteiger partial charge in [-0.25, -0.2) is 5.06 Å². The molecule has 4 heteroatoms. The first-order valence-corrected chi connectivity index (χ1v) is 2.94. The molecule has 0 aromatic rings. The van der Waals surface area contributed by atoms with Crippen molar-refractivity contribution in [2.24, 2.45) is 0 Å². The molecule has 4 N–H and O–H groups in total.